The Morgan fingerprint density at radius 3 is 2.04 bits per heavy atom. The van der Waals surface area contributed by atoms with E-state index in [0.29, 0.717) is 30.2 Å². The van der Waals surface area contributed by atoms with Gasteiger partial charge in [-0.3, -0.25) is 4.90 Å². The molecule has 0 aromatic heterocycles. The first-order valence-electron chi connectivity index (χ1n) is 9.91. The van der Waals surface area contributed by atoms with E-state index in [-0.39, 0.29) is 0 Å². The molecule has 0 aliphatic carbocycles. The van der Waals surface area contributed by atoms with Crippen LogP contribution in [0.15, 0.2) is 0 Å². The average molecular weight is 325 g/mol. The van der Waals surface area contributed by atoms with Gasteiger partial charge in [0.1, 0.15) is 0 Å². The molecule has 4 atom stereocenters. The minimum Gasteiger partial charge on any atom is -0.372 e. The molecule has 0 bridgehead atoms. The molecular formula is C20H40N2O. The van der Waals surface area contributed by atoms with Crippen LogP contribution in [0.3, 0.4) is 0 Å². The van der Waals surface area contributed by atoms with Crippen LogP contribution in [0.2, 0.25) is 0 Å². The molecule has 2 aliphatic heterocycles. The monoisotopic (exact) mass is 324 g/mol. The van der Waals surface area contributed by atoms with Crippen LogP contribution in [0.25, 0.3) is 0 Å². The maximum Gasteiger partial charge on any atom is 0.0729 e. The molecular weight excluding hydrogens is 284 g/mol. The van der Waals surface area contributed by atoms with Crippen molar-refractivity contribution in [3.63, 3.8) is 0 Å². The molecule has 0 N–H and O–H groups in total. The largest absolute Gasteiger partial charge is 0.372 e. The van der Waals surface area contributed by atoms with Crippen LogP contribution in [0.5, 0.6) is 0 Å². The average Bonchev–Trinajstić information content (AvgIpc) is 2.96. The summed E-state index contributed by atoms with van der Waals surface area (Å²) in [5.74, 6) is 2.23. The first kappa shape index (κ1) is 19.2. The quantitative estimate of drug-likeness (QED) is 0.737. The fraction of sp³-hybridized carbons (Fsp3) is 1.00. The lowest BCUT2D eigenvalue weighted by Gasteiger charge is -2.42. The van der Waals surface area contributed by atoms with Gasteiger partial charge in [-0.05, 0) is 64.8 Å². The molecule has 23 heavy (non-hydrogen) atoms. The minimum atomic E-state index is 0.402. The van der Waals surface area contributed by atoms with Gasteiger partial charge in [-0.15, -0.1) is 0 Å². The van der Waals surface area contributed by atoms with E-state index >= 15 is 0 Å². The minimum absolute atomic E-state index is 0.402. The zero-order valence-electron chi connectivity index (χ0n) is 16.6. The van der Waals surface area contributed by atoms with Crippen LogP contribution in [-0.2, 0) is 4.74 Å². The summed E-state index contributed by atoms with van der Waals surface area (Å²) in [6.45, 7) is 21.1. The van der Waals surface area contributed by atoms with E-state index in [9.17, 15) is 0 Å². The number of morpholine rings is 1. The summed E-state index contributed by atoms with van der Waals surface area (Å²) in [5.41, 5.74) is 0. The SMILES string of the molecule is CC(C)C1CN(C(C)C)CC(CC(C)C2CCN(C(C)C)C2)O1. The van der Waals surface area contributed by atoms with Gasteiger partial charge in [0.25, 0.3) is 0 Å². The van der Waals surface area contributed by atoms with E-state index < -0.39 is 0 Å². The van der Waals surface area contributed by atoms with Crippen molar-refractivity contribution in [1.82, 2.24) is 9.80 Å². The molecule has 136 valence electrons. The van der Waals surface area contributed by atoms with Gasteiger partial charge in [-0.2, -0.15) is 0 Å². The molecule has 0 aromatic carbocycles. The molecule has 4 unspecified atom stereocenters. The highest BCUT2D eigenvalue weighted by Crippen LogP contribution is 2.31. The van der Waals surface area contributed by atoms with E-state index in [0.717, 1.165) is 24.9 Å². The molecule has 0 radical (unpaired) electrons. The molecule has 2 fully saturated rings. The molecule has 3 nitrogen and oxygen atoms in total. The van der Waals surface area contributed by atoms with E-state index in [1.54, 1.807) is 0 Å². The summed E-state index contributed by atoms with van der Waals surface area (Å²) in [4.78, 5) is 5.26. The predicted octanol–water partition coefficient (Wildman–Crippen LogP) is 3.88. The lowest BCUT2D eigenvalue weighted by atomic mass is 9.87. The highest BCUT2D eigenvalue weighted by molar-refractivity contribution is 4.86. The lowest BCUT2D eigenvalue weighted by Crippen LogP contribution is -2.52. The van der Waals surface area contributed by atoms with Gasteiger partial charge < -0.3 is 9.64 Å². The van der Waals surface area contributed by atoms with E-state index in [2.05, 4.69) is 58.3 Å². The van der Waals surface area contributed by atoms with Gasteiger partial charge in [-0.25, -0.2) is 0 Å². The summed E-state index contributed by atoms with van der Waals surface area (Å²) in [7, 11) is 0. The first-order chi connectivity index (χ1) is 10.8. The zero-order chi connectivity index (χ0) is 17.1. The predicted molar refractivity (Wildman–Crippen MR) is 98.8 cm³/mol. The van der Waals surface area contributed by atoms with Crippen molar-refractivity contribution < 1.29 is 4.74 Å². The standard InChI is InChI=1S/C20H40N2O/c1-14(2)20-13-22(16(5)6)12-19(23-20)10-17(7)18-8-9-21(11-18)15(3)4/h14-20H,8-13H2,1-7H3. The van der Waals surface area contributed by atoms with Crippen molar-refractivity contribution in [2.45, 2.75) is 85.6 Å². The van der Waals surface area contributed by atoms with Gasteiger partial charge in [0.2, 0.25) is 0 Å². The maximum absolute atomic E-state index is 6.48. The number of rotatable bonds is 6. The smallest absolute Gasteiger partial charge is 0.0729 e. The number of hydrogen-bond acceptors (Lipinski definition) is 3. The van der Waals surface area contributed by atoms with Gasteiger partial charge in [0.15, 0.2) is 0 Å². The summed E-state index contributed by atoms with van der Waals surface area (Å²) < 4.78 is 6.48. The molecule has 2 rings (SSSR count). The second kappa shape index (κ2) is 8.31. The van der Waals surface area contributed by atoms with Crippen LogP contribution in [0.4, 0.5) is 0 Å². The van der Waals surface area contributed by atoms with E-state index in [4.69, 9.17) is 4.74 Å². The van der Waals surface area contributed by atoms with Gasteiger partial charge >= 0.3 is 0 Å². The third-order valence-corrected chi connectivity index (χ3v) is 6.12. The first-order valence-corrected chi connectivity index (χ1v) is 9.91. The van der Waals surface area contributed by atoms with Crippen LogP contribution in [0, 0.1) is 17.8 Å². The number of ether oxygens (including phenoxy) is 1. The highest BCUT2D eigenvalue weighted by Gasteiger charge is 2.34. The Labute approximate surface area is 144 Å². The Bertz CT molecular complexity index is 340. The Morgan fingerprint density at radius 1 is 0.870 bits per heavy atom. The Hall–Kier alpha value is -0.120. The second-order valence-electron chi connectivity index (χ2n) is 8.94. The Balaban J connectivity index is 1.90. The van der Waals surface area contributed by atoms with E-state index in [1.807, 2.05) is 0 Å². The van der Waals surface area contributed by atoms with Crippen LogP contribution in [0.1, 0.15) is 61.3 Å². The molecule has 2 aliphatic rings. The highest BCUT2D eigenvalue weighted by atomic mass is 16.5. The molecule has 0 saturated carbocycles. The van der Waals surface area contributed by atoms with Crippen LogP contribution in [-0.4, -0.2) is 60.3 Å². The van der Waals surface area contributed by atoms with Crippen molar-refractivity contribution >= 4 is 0 Å². The van der Waals surface area contributed by atoms with Gasteiger partial charge in [-0.1, -0.05) is 20.8 Å². The molecule has 2 heterocycles. The normalized spacial score (nSPS) is 32.3. The summed E-state index contributed by atoms with van der Waals surface area (Å²) in [6, 6.07) is 1.32. The van der Waals surface area contributed by atoms with E-state index in [1.165, 1.54) is 25.9 Å². The third-order valence-electron chi connectivity index (χ3n) is 6.12. The Kier molecular flexibility index (Phi) is 6.94. The van der Waals surface area contributed by atoms with Crippen molar-refractivity contribution in [3.8, 4) is 0 Å². The molecule has 0 aromatic rings. The fourth-order valence-electron chi connectivity index (χ4n) is 4.18. The number of likely N-dealkylation sites (tertiary alicyclic amines) is 1. The van der Waals surface area contributed by atoms with Crippen molar-refractivity contribution in [3.05, 3.63) is 0 Å². The number of hydrogen-bond donors (Lipinski definition) is 0. The molecule has 0 amide bonds. The third kappa shape index (κ3) is 5.17. The van der Waals surface area contributed by atoms with Gasteiger partial charge in [0, 0.05) is 31.7 Å². The van der Waals surface area contributed by atoms with Crippen molar-refractivity contribution in [2.24, 2.45) is 17.8 Å². The summed E-state index contributed by atoms with van der Waals surface area (Å²) in [5, 5.41) is 0. The molecule has 2 saturated heterocycles. The summed E-state index contributed by atoms with van der Waals surface area (Å²) >= 11 is 0. The van der Waals surface area contributed by atoms with Crippen molar-refractivity contribution in [2.75, 3.05) is 26.2 Å². The van der Waals surface area contributed by atoms with Crippen LogP contribution >= 0.6 is 0 Å². The lowest BCUT2D eigenvalue weighted by molar-refractivity contribution is -0.118. The van der Waals surface area contributed by atoms with Gasteiger partial charge in [0.05, 0.1) is 12.2 Å². The Morgan fingerprint density at radius 2 is 1.52 bits per heavy atom. The van der Waals surface area contributed by atoms with Crippen LogP contribution < -0.4 is 0 Å². The maximum atomic E-state index is 6.48. The molecule has 0 spiro atoms. The number of nitrogens with zero attached hydrogens (tertiary/aromatic N) is 2. The molecule has 3 heteroatoms. The fourth-order valence-corrected chi connectivity index (χ4v) is 4.18. The zero-order valence-corrected chi connectivity index (χ0v) is 16.6. The topological polar surface area (TPSA) is 15.7 Å². The summed E-state index contributed by atoms with van der Waals surface area (Å²) in [6.07, 6.45) is 3.41. The van der Waals surface area contributed by atoms with Crippen molar-refractivity contribution in [1.29, 1.82) is 0 Å². The second-order valence-corrected chi connectivity index (χ2v) is 8.94.